The summed E-state index contributed by atoms with van der Waals surface area (Å²) in [7, 11) is 0. The fourth-order valence-corrected chi connectivity index (χ4v) is 2.12. The minimum atomic E-state index is -0.504. The molecule has 9 nitrogen and oxygen atoms in total. The summed E-state index contributed by atoms with van der Waals surface area (Å²) in [5.41, 5.74) is 5.50. The van der Waals surface area contributed by atoms with Gasteiger partial charge in [0.15, 0.2) is 0 Å². The minimum Gasteiger partial charge on any atom is -0.450 e. The van der Waals surface area contributed by atoms with Gasteiger partial charge in [-0.25, -0.2) is 9.78 Å². The zero-order valence-corrected chi connectivity index (χ0v) is 11.7. The first-order valence-corrected chi connectivity index (χ1v) is 6.60. The number of nitrogens with two attached hydrogens (primary N) is 1. The molecule has 2 heterocycles. The van der Waals surface area contributed by atoms with Crippen LogP contribution in [0, 0.1) is 10.1 Å². The number of nitrogen functional groups attached to an aromatic ring is 1. The Hall–Kier alpha value is -2.58. The van der Waals surface area contributed by atoms with Gasteiger partial charge in [0.25, 0.3) is 5.69 Å². The molecule has 9 heteroatoms. The number of anilines is 2. The van der Waals surface area contributed by atoms with Crippen LogP contribution in [0.4, 0.5) is 22.1 Å². The lowest BCUT2D eigenvalue weighted by Crippen LogP contribution is -2.49. The Bertz CT molecular complexity index is 542. The molecule has 21 heavy (non-hydrogen) atoms. The molecule has 0 atom stereocenters. The number of carbonyl (C=O) groups excluding carboxylic acids is 1. The molecule has 1 aliphatic rings. The zero-order valence-electron chi connectivity index (χ0n) is 11.7. The third-order valence-electron chi connectivity index (χ3n) is 3.16. The number of hydrogen-bond acceptors (Lipinski definition) is 7. The van der Waals surface area contributed by atoms with Crippen LogP contribution in [0.3, 0.4) is 0 Å². The van der Waals surface area contributed by atoms with Crippen LogP contribution >= 0.6 is 0 Å². The molecule has 0 radical (unpaired) electrons. The summed E-state index contributed by atoms with van der Waals surface area (Å²) in [6, 6.07) is 2.61. The Morgan fingerprint density at radius 2 is 2.10 bits per heavy atom. The van der Waals surface area contributed by atoms with Gasteiger partial charge >= 0.3 is 6.09 Å². The number of nitro groups is 1. The predicted octanol–water partition coefficient (Wildman–Crippen LogP) is 0.850. The maximum Gasteiger partial charge on any atom is 0.409 e. The molecule has 114 valence electrons. The smallest absolute Gasteiger partial charge is 0.409 e. The van der Waals surface area contributed by atoms with Crippen molar-refractivity contribution in [1.29, 1.82) is 0 Å². The topological polar surface area (TPSA) is 115 Å². The van der Waals surface area contributed by atoms with Crippen molar-refractivity contribution < 1.29 is 14.5 Å². The predicted molar refractivity (Wildman–Crippen MR) is 76.1 cm³/mol. The first-order chi connectivity index (χ1) is 10.0. The first-order valence-electron chi connectivity index (χ1n) is 6.60. The lowest BCUT2D eigenvalue weighted by molar-refractivity contribution is -0.384. The lowest BCUT2D eigenvalue weighted by Gasteiger charge is -2.34. The first kappa shape index (κ1) is 14.8. The van der Waals surface area contributed by atoms with Gasteiger partial charge in [-0.15, -0.1) is 0 Å². The van der Waals surface area contributed by atoms with Crippen LogP contribution in [-0.2, 0) is 4.74 Å². The molecular weight excluding hydrogens is 278 g/mol. The van der Waals surface area contributed by atoms with E-state index in [1.165, 1.54) is 12.1 Å². The van der Waals surface area contributed by atoms with Gasteiger partial charge in [0.2, 0.25) is 0 Å². The van der Waals surface area contributed by atoms with E-state index >= 15 is 0 Å². The number of hydrogen-bond donors (Lipinski definition) is 1. The number of aromatic nitrogens is 1. The molecule has 0 aromatic carbocycles. The molecule has 0 aliphatic carbocycles. The van der Waals surface area contributed by atoms with Gasteiger partial charge in [0, 0.05) is 26.2 Å². The molecule has 1 aromatic rings. The highest BCUT2D eigenvalue weighted by Gasteiger charge is 2.24. The van der Waals surface area contributed by atoms with Crippen LogP contribution in [0.5, 0.6) is 0 Å². The molecule has 1 amide bonds. The molecule has 1 fully saturated rings. The number of nitrogens with zero attached hydrogens (tertiary/aromatic N) is 4. The average Bonchev–Trinajstić information content (AvgIpc) is 2.47. The Morgan fingerprint density at radius 3 is 2.67 bits per heavy atom. The SMILES string of the molecule is CCOC(=O)N1CCN(c2cc([N+](=O)[O-])cc(N)n2)CC1. The summed E-state index contributed by atoms with van der Waals surface area (Å²) in [6.45, 7) is 4.08. The number of piperazine rings is 1. The number of carbonyl (C=O) groups is 1. The van der Waals surface area contributed by atoms with Gasteiger partial charge in [-0.1, -0.05) is 0 Å². The fourth-order valence-electron chi connectivity index (χ4n) is 2.12. The number of pyridine rings is 1. The summed E-state index contributed by atoms with van der Waals surface area (Å²) >= 11 is 0. The van der Waals surface area contributed by atoms with Crippen molar-refractivity contribution in [3.63, 3.8) is 0 Å². The Balaban J connectivity index is 2.05. The number of rotatable bonds is 3. The minimum absolute atomic E-state index is 0.0923. The fraction of sp³-hybridized carbons (Fsp3) is 0.500. The third-order valence-corrected chi connectivity index (χ3v) is 3.16. The van der Waals surface area contributed by atoms with E-state index in [4.69, 9.17) is 10.5 Å². The molecule has 2 rings (SSSR count). The second-order valence-corrected chi connectivity index (χ2v) is 4.54. The molecule has 1 aromatic heterocycles. The van der Waals surface area contributed by atoms with Crippen LogP contribution in [0.1, 0.15) is 6.92 Å². The lowest BCUT2D eigenvalue weighted by atomic mass is 10.3. The van der Waals surface area contributed by atoms with Crippen molar-refractivity contribution >= 4 is 23.4 Å². The van der Waals surface area contributed by atoms with E-state index < -0.39 is 4.92 Å². The highest BCUT2D eigenvalue weighted by atomic mass is 16.6. The van der Waals surface area contributed by atoms with Gasteiger partial charge in [0.05, 0.1) is 23.7 Å². The Kier molecular flexibility index (Phi) is 4.41. The second-order valence-electron chi connectivity index (χ2n) is 4.54. The Morgan fingerprint density at radius 1 is 1.43 bits per heavy atom. The van der Waals surface area contributed by atoms with Crippen molar-refractivity contribution in [3.8, 4) is 0 Å². The van der Waals surface area contributed by atoms with Crippen LogP contribution < -0.4 is 10.6 Å². The van der Waals surface area contributed by atoms with E-state index in [2.05, 4.69) is 4.98 Å². The molecule has 0 saturated carbocycles. The summed E-state index contributed by atoms with van der Waals surface area (Å²) in [6.07, 6.45) is -0.344. The van der Waals surface area contributed by atoms with Crippen molar-refractivity contribution in [2.75, 3.05) is 43.4 Å². The van der Waals surface area contributed by atoms with E-state index in [0.717, 1.165) is 0 Å². The van der Waals surface area contributed by atoms with Crippen LogP contribution in [0.15, 0.2) is 12.1 Å². The largest absolute Gasteiger partial charge is 0.450 e. The molecule has 0 unspecified atom stereocenters. The van der Waals surface area contributed by atoms with E-state index in [9.17, 15) is 14.9 Å². The van der Waals surface area contributed by atoms with E-state index in [-0.39, 0.29) is 17.6 Å². The van der Waals surface area contributed by atoms with Crippen molar-refractivity contribution in [2.24, 2.45) is 0 Å². The normalized spacial score (nSPS) is 14.9. The van der Waals surface area contributed by atoms with E-state index in [1.807, 2.05) is 4.90 Å². The van der Waals surface area contributed by atoms with Crippen LogP contribution in [0.2, 0.25) is 0 Å². The van der Waals surface area contributed by atoms with Gasteiger partial charge in [-0.05, 0) is 6.92 Å². The van der Waals surface area contributed by atoms with Crippen molar-refractivity contribution in [2.45, 2.75) is 6.92 Å². The average molecular weight is 295 g/mol. The maximum atomic E-state index is 11.6. The zero-order chi connectivity index (χ0) is 15.4. The third kappa shape index (κ3) is 3.50. The van der Waals surface area contributed by atoms with Gasteiger partial charge in [0.1, 0.15) is 11.6 Å². The molecular formula is C12H17N5O4. The van der Waals surface area contributed by atoms with E-state index in [1.54, 1.807) is 11.8 Å². The standard InChI is InChI=1S/C12H17N5O4/c1-2-21-12(18)16-5-3-15(4-6-16)11-8-9(17(19)20)7-10(13)14-11/h7-8H,2-6H2,1H3,(H2,13,14). The number of ether oxygens (including phenoxy) is 1. The van der Waals surface area contributed by atoms with Crippen molar-refractivity contribution in [3.05, 3.63) is 22.2 Å². The van der Waals surface area contributed by atoms with Crippen LogP contribution in [-0.4, -0.2) is 53.7 Å². The number of amides is 1. The summed E-state index contributed by atoms with van der Waals surface area (Å²) < 4.78 is 4.94. The van der Waals surface area contributed by atoms with Gasteiger partial charge in [-0.2, -0.15) is 0 Å². The Labute approximate surface area is 121 Å². The highest BCUT2D eigenvalue weighted by Crippen LogP contribution is 2.22. The summed E-state index contributed by atoms with van der Waals surface area (Å²) in [5, 5.41) is 10.8. The summed E-state index contributed by atoms with van der Waals surface area (Å²) in [4.78, 5) is 29.5. The van der Waals surface area contributed by atoms with Crippen molar-refractivity contribution in [1.82, 2.24) is 9.88 Å². The molecule has 1 saturated heterocycles. The van der Waals surface area contributed by atoms with Crippen LogP contribution in [0.25, 0.3) is 0 Å². The summed E-state index contributed by atoms with van der Waals surface area (Å²) in [5.74, 6) is 0.553. The monoisotopic (exact) mass is 295 g/mol. The molecule has 0 bridgehead atoms. The van der Waals surface area contributed by atoms with E-state index in [0.29, 0.717) is 38.6 Å². The van der Waals surface area contributed by atoms with Gasteiger partial charge < -0.3 is 20.3 Å². The maximum absolute atomic E-state index is 11.6. The molecule has 2 N–H and O–H groups in total. The molecule has 1 aliphatic heterocycles. The highest BCUT2D eigenvalue weighted by molar-refractivity contribution is 5.68. The van der Waals surface area contributed by atoms with Gasteiger partial charge in [-0.3, -0.25) is 10.1 Å². The molecule has 0 spiro atoms. The quantitative estimate of drug-likeness (QED) is 0.649. The second kappa shape index (κ2) is 6.25.